The fraction of sp³-hybridized carbons (Fsp3) is 0.333. The normalized spacial score (nSPS) is 10.1. The molecule has 0 aliphatic carbocycles. The molecule has 0 spiro atoms. The largest absolute Gasteiger partial charge is 0.480 e. The van der Waals surface area contributed by atoms with Crippen molar-refractivity contribution in [3.8, 4) is 0 Å². The Kier molecular flexibility index (Phi) is 5.24. The Morgan fingerprint density at radius 1 is 1.14 bits per heavy atom. The monoisotopic (exact) mass is 199 g/mol. The fourth-order valence-corrected chi connectivity index (χ4v) is 1.03. The Bertz CT molecular complexity index is 225. The lowest BCUT2D eigenvalue weighted by atomic mass is 10.2. The summed E-state index contributed by atoms with van der Waals surface area (Å²) in [5.41, 5.74) is 0. The van der Waals surface area contributed by atoms with Gasteiger partial charge < -0.3 is 10.2 Å². The number of hydrogen-bond donors (Lipinski definition) is 2. The van der Waals surface area contributed by atoms with E-state index in [4.69, 9.17) is 10.2 Å². The van der Waals surface area contributed by atoms with E-state index in [-0.39, 0.29) is 13.1 Å². The Morgan fingerprint density at radius 3 is 1.71 bits per heavy atom. The lowest BCUT2D eigenvalue weighted by molar-refractivity contribution is -0.155. The maximum Gasteiger partial charge on any atom is 0.332 e. The van der Waals surface area contributed by atoms with Crippen molar-refractivity contribution in [2.24, 2.45) is 0 Å². The third-order valence-corrected chi connectivity index (χ3v) is 1.56. The molecule has 0 rings (SSSR count). The molecule has 0 amide bonds. The average Bonchev–Trinajstić information content (AvgIpc) is 2.03. The summed E-state index contributed by atoms with van der Waals surface area (Å²) in [4.78, 5) is 22.5. The standard InChI is InChI=1S/C9H13NO4/c1-3-5-10(6-4-2)7(8(11)12)9(13)14/h3-4,7H,1-2,5-6H2,(H,11,12)(H,13,14). The third kappa shape index (κ3) is 3.40. The van der Waals surface area contributed by atoms with Gasteiger partial charge in [-0.2, -0.15) is 0 Å². The molecule has 0 radical (unpaired) electrons. The van der Waals surface area contributed by atoms with Gasteiger partial charge in [-0.15, -0.1) is 13.2 Å². The number of aliphatic carboxylic acids is 2. The molecule has 0 aromatic carbocycles. The first kappa shape index (κ1) is 12.4. The van der Waals surface area contributed by atoms with E-state index in [0.29, 0.717) is 0 Å². The summed E-state index contributed by atoms with van der Waals surface area (Å²) in [5, 5.41) is 17.4. The van der Waals surface area contributed by atoms with Gasteiger partial charge in [0.25, 0.3) is 0 Å². The zero-order valence-electron chi connectivity index (χ0n) is 7.72. The summed E-state index contributed by atoms with van der Waals surface area (Å²) in [6.07, 6.45) is 2.89. The second-order valence-corrected chi connectivity index (χ2v) is 2.61. The van der Waals surface area contributed by atoms with Crippen molar-refractivity contribution >= 4 is 11.9 Å². The number of carbonyl (C=O) groups is 2. The van der Waals surface area contributed by atoms with Crippen LogP contribution in [0.2, 0.25) is 0 Å². The minimum absolute atomic E-state index is 0.190. The van der Waals surface area contributed by atoms with E-state index >= 15 is 0 Å². The molecule has 5 nitrogen and oxygen atoms in total. The Hall–Kier alpha value is -1.62. The summed E-state index contributed by atoms with van der Waals surface area (Å²) in [5.74, 6) is -2.78. The topological polar surface area (TPSA) is 77.8 Å². The third-order valence-electron chi connectivity index (χ3n) is 1.56. The van der Waals surface area contributed by atoms with Gasteiger partial charge in [0, 0.05) is 13.1 Å². The quantitative estimate of drug-likeness (QED) is 0.452. The van der Waals surface area contributed by atoms with Crippen molar-refractivity contribution in [2.75, 3.05) is 13.1 Å². The first-order valence-corrected chi connectivity index (χ1v) is 3.96. The summed E-state index contributed by atoms with van der Waals surface area (Å²) < 4.78 is 0. The predicted octanol–water partition coefficient (Wildman–Crippen LogP) is 0.198. The highest BCUT2D eigenvalue weighted by molar-refractivity contribution is 5.97. The second kappa shape index (κ2) is 5.93. The molecule has 5 heteroatoms. The van der Waals surface area contributed by atoms with E-state index in [2.05, 4.69) is 13.2 Å². The molecule has 0 aliphatic rings. The highest BCUT2D eigenvalue weighted by Gasteiger charge is 2.31. The SMILES string of the molecule is C=CCN(CC=C)C(C(=O)O)C(=O)O. The molecule has 14 heavy (non-hydrogen) atoms. The molecule has 0 atom stereocenters. The van der Waals surface area contributed by atoms with Crippen molar-refractivity contribution in [3.05, 3.63) is 25.3 Å². The van der Waals surface area contributed by atoms with Crippen molar-refractivity contribution in [2.45, 2.75) is 6.04 Å². The molecular formula is C9H13NO4. The van der Waals surface area contributed by atoms with Crippen LogP contribution < -0.4 is 0 Å². The van der Waals surface area contributed by atoms with Crippen LogP contribution in [0.1, 0.15) is 0 Å². The van der Waals surface area contributed by atoms with Gasteiger partial charge >= 0.3 is 11.9 Å². The van der Waals surface area contributed by atoms with Gasteiger partial charge in [0.1, 0.15) is 0 Å². The first-order chi connectivity index (χ1) is 6.54. The zero-order valence-corrected chi connectivity index (χ0v) is 7.72. The molecule has 0 saturated carbocycles. The Morgan fingerprint density at radius 2 is 1.50 bits per heavy atom. The van der Waals surface area contributed by atoms with Gasteiger partial charge in [-0.25, -0.2) is 9.59 Å². The summed E-state index contributed by atoms with van der Waals surface area (Å²) in [7, 11) is 0. The predicted molar refractivity (Wildman–Crippen MR) is 51.0 cm³/mol. The smallest absolute Gasteiger partial charge is 0.332 e. The Labute approximate surface area is 82.0 Å². The van der Waals surface area contributed by atoms with E-state index in [1.807, 2.05) is 0 Å². The number of rotatable bonds is 7. The minimum Gasteiger partial charge on any atom is -0.480 e. The van der Waals surface area contributed by atoms with Gasteiger partial charge in [-0.3, -0.25) is 4.90 Å². The molecule has 0 aromatic heterocycles. The number of hydrogen-bond acceptors (Lipinski definition) is 3. The molecule has 0 aliphatic heterocycles. The van der Waals surface area contributed by atoms with E-state index in [1.165, 1.54) is 17.1 Å². The van der Waals surface area contributed by atoms with Gasteiger partial charge in [0.05, 0.1) is 0 Å². The van der Waals surface area contributed by atoms with Crippen LogP contribution in [-0.4, -0.2) is 46.2 Å². The van der Waals surface area contributed by atoms with Crippen LogP contribution >= 0.6 is 0 Å². The highest BCUT2D eigenvalue weighted by Crippen LogP contribution is 2.01. The fourth-order valence-electron chi connectivity index (χ4n) is 1.03. The van der Waals surface area contributed by atoms with Crippen molar-refractivity contribution in [1.82, 2.24) is 4.90 Å². The number of carboxylic acids is 2. The highest BCUT2D eigenvalue weighted by atomic mass is 16.4. The van der Waals surface area contributed by atoms with E-state index in [9.17, 15) is 9.59 Å². The Balaban J connectivity index is 4.70. The molecule has 0 unspecified atom stereocenters. The van der Waals surface area contributed by atoms with Crippen molar-refractivity contribution < 1.29 is 19.8 Å². The van der Waals surface area contributed by atoms with Crippen LogP contribution in [0.3, 0.4) is 0 Å². The number of carboxylic acid groups (broad SMARTS) is 2. The van der Waals surface area contributed by atoms with Crippen LogP contribution in [0.25, 0.3) is 0 Å². The minimum atomic E-state index is -1.55. The molecular weight excluding hydrogens is 186 g/mol. The molecule has 0 aromatic rings. The van der Waals surface area contributed by atoms with Gasteiger partial charge in [-0.05, 0) is 0 Å². The lowest BCUT2D eigenvalue weighted by Gasteiger charge is -2.22. The molecule has 0 fully saturated rings. The van der Waals surface area contributed by atoms with Crippen LogP contribution in [0.4, 0.5) is 0 Å². The van der Waals surface area contributed by atoms with E-state index in [1.54, 1.807) is 0 Å². The van der Waals surface area contributed by atoms with Crippen LogP contribution in [0, 0.1) is 0 Å². The molecule has 0 bridgehead atoms. The van der Waals surface area contributed by atoms with Crippen molar-refractivity contribution in [3.63, 3.8) is 0 Å². The maximum absolute atomic E-state index is 10.6. The molecule has 0 heterocycles. The van der Waals surface area contributed by atoms with Crippen LogP contribution in [0.15, 0.2) is 25.3 Å². The van der Waals surface area contributed by atoms with Gasteiger partial charge in [-0.1, -0.05) is 12.2 Å². The molecule has 0 saturated heterocycles. The average molecular weight is 199 g/mol. The van der Waals surface area contributed by atoms with E-state index < -0.39 is 18.0 Å². The number of nitrogens with zero attached hydrogens (tertiary/aromatic N) is 1. The summed E-state index contributed by atoms with van der Waals surface area (Å²) >= 11 is 0. The van der Waals surface area contributed by atoms with Crippen molar-refractivity contribution in [1.29, 1.82) is 0 Å². The van der Waals surface area contributed by atoms with E-state index in [0.717, 1.165) is 0 Å². The lowest BCUT2D eigenvalue weighted by Crippen LogP contribution is -2.46. The van der Waals surface area contributed by atoms with Gasteiger partial charge in [0.15, 0.2) is 0 Å². The van der Waals surface area contributed by atoms with Crippen LogP contribution in [-0.2, 0) is 9.59 Å². The maximum atomic E-state index is 10.6. The summed E-state index contributed by atoms with van der Waals surface area (Å²) in [6.45, 7) is 7.22. The van der Waals surface area contributed by atoms with Crippen LogP contribution in [0.5, 0.6) is 0 Å². The second-order valence-electron chi connectivity index (χ2n) is 2.61. The molecule has 2 N–H and O–H groups in total. The zero-order chi connectivity index (χ0) is 11.1. The summed E-state index contributed by atoms with van der Waals surface area (Å²) in [6, 6.07) is -1.55. The first-order valence-electron chi connectivity index (χ1n) is 3.96. The molecule has 78 valence electrons. The van der Waals surface area contributed by atoms with Gasteiger partial charge in [0.2, 0.25) is 6.04 Å².